The zero-order valence-electron chi connectivity index (χ0n) is 16.2. The number of nitrogens with two attached hydrogens (primary N) is 1. The highest BCUT2D eigenvalue weighted by molar-refractivity contribution is 6.08. The fourth-order valence-electron chi connectivity index (χ4n) is 3.45. The Morgan fingerprint density at radius 2 is 2.13 bits per heavy atom. The molecule has 0 aliphatic rings. The van der Waals surface area contributed by atoms with Gasteiger partial charge in [0, 0.05) is 48.5 Å². The van der Waals surface area contributed by atoms with Gasteiger partial charge in [0.15, 0.2) is 5.82 Å². The molecule has 0 aliphatic carbocycles. The van der Waals surface area contributed by atoms with Crippen molar-refractivity contribution >= 4 is 33.5 Å². The zero-order chi connectivity index (χ0) is 20.7. The van der Waals surface area contributed by atoms with Crippen LogP contribution in [0, 0.1) is 0 Å². The van der Waals surface area contributed by atoms with Gasteiger partial charge in [-0.25, -0.2) is 9.97 Å². The third kappa shape index (κ3) is 3.13. The van der Waals surface area contributed by atoms with Crippen LogP contribution in [0.15, 0.2) is 49.2 Å². The molecule has 30 heavy (non-hydrogen) atoms. The molecule has 1 amide bonds. The number of hydrogen-bond donors (Lipinski definition) is 3. The van der Waals surface area contributed by atoms with E-state index in [4.69, 9.17) is 5.73 Å². The van der Waals surface area contributed by atoms with Crippen molar-refractivity contribution < 1.29 is 4.79 Å². The monoisotopic (exact) mass is 401 g/mol. The number of fused-ring (bicyclic) bond motifs is 3. The molecule has 5 aromatic rings. The predicted molar refractivity (Wildman–Crippen MR) is 113 cm³/mol. The summed E-state index contributed by atoms with van der Waals surface area (Å²) >= 11 is 0. The number of benzene rings is 1. The van der Waals surface area contributed by atoms with Gasteiger partial charge in [-0.2, -0.15) is 10.2 Å². The largest absolute Gasteiger partial charge is 0.382 e. The number of H-pyrrole nitrogens is 1. The molecule has 0 bridgehead atoms. The van der Waals surface area contributed by atoms with Crippen molar-refractivity contribution in [1.82, 2.24) is 39.8 Å². The van der Waals surface area contributed by atoms with Crippen molar-refractivity contribution in [3.8, 4) is 11.3 Å². The number of aryl methyl sites for hydroxylation is 1. The normalized spacial score (nSPS) is 11.4. The summed E-state index contributed by atoms with van der Waals surface area (Å²) in [6.45, 7) is 0.916. The van der Waals surface area contributed by atoms with Crippen LogP contribution in [-0.2, 0) is 13.6 Å². The van der Waals surface area contributed by atoms with Crippen LogP contribution in [0.4, 0.5) is 5.82 Å². The van der Waals surface area contributed by atoms with Gasteiger partial charge >= 0.3 is 0 Å². The summed E-state index contributed by atoms with van der Waals surface area (Å²) in [7, 11) is 1.82. The lowest BCUT2D eigenvalue weighted by Crippen LogP contribution is -2.27. The van der Waals surface area contributed by atoms with Gasteiger partial charge in [-0.05, 0) is 12.1 Å². The van der Waals surface area contributed by atoms with Gasteiger partial charge in [0.2, 0.25) is 0 Å². The van der Waals surface area contributed by atoms with Crippen LogP contribution in [0.3, 0.4) is 0 Å². The van der Waals surface area contributed by atoms with E-state index < -0.39 is 0 Å². The molecule has 0 saturated carbocycles. The molecular weight excluding hydrogens is 382 g/mol. The standard InChI is InChI=1S/C20H19N9O/c1-28-10-17(23-11-28)20(30)22-6-7-29-9-14-13-3-2-12(15-4-5-24-26-15)8-16(13)25-19(21)18(14)27-29/h2-5,8-11H,6-7H2,1H3,(H2,21,25)(H,22,30)(H,24,26). The Bertz CT molecular complexity index is 1360. The first-order valence-corrected chi connectivity index (χ1v) is 9.41. The Hall–Kier alpha value is -4.21. The second-order valence-electron chi connectivity index (χ2n) is 7.03. The number of hydrogen-bond acceptors (Lipinski definition) is 6. The molecule has 0 aliphatic heterocycles. The molecule has 10 nitrogen and oxygen atoms in total. The van der Waals surface area contributed by atoms with Crippen LogP contribution in [0.25, 0.3) is 33.1 Å². The number of nitrogen functional groups attached to an aromatic ring is 1. The number of imidazole rings is 1. The van der Waals surface area contributed by atoms with E-state index in [1.165, 1.54) is 0 Å². The maximum Gasteiger partial charge on any atom is 0.271 e. The van der Waals surface area contributed by atoms with E-state index in [1.807, 2.05) is 37.5 Å². The molecule has 0 atom stereocenters. The Morgan fingerprint density at radius 3 is 2.90 bits per heavy atom. The first kappa shape index (κ1) is 17.9. The van der Waals surface area contributed by atoms with Gasteiger partial charge in [0.05, 0.1) is 24.1 Å². The lowest BCUT2D eigenvalue weighted by Gasteiger charge is -2.03. The Labute approximate surface area is 170 Å². The van der Waals surface area contributed by atoms with Crippen molar-refractivity contribution in [2.45, 2.75) is 6.54 Å². The summed E-state index contributed by atoms with van der Waals surface area (Å²) in [5.74, 6) is 0.154. The number of nitrogens with one attached hydrogen (secondary N) is 2. The second-order valence-corrected chi connectivity index (χ2v) is 7.03. The van der Waals surface area contributed by atoms with E-state index in [-0.39, 0.29) is 5.91 Å². The molecule has 0 spiro atoms. The lowest BCUT2D eigenvalue weighted by molar-refractivity contribution is 0.0947. The van der Waals surface area contributed by atoms with Crippen molar-refractivity contribution in [2.24, 2.45) is 7.05 Å². The van der Waals surface area contributed by atoms with Crippen LogP contribution in [-0.4, -0.2) is 47.0 Å². The summed E-state index contributed by atoms with van der Waals surface area (Å²) in [4.78, 5) is 20.7. The maximum atomic E-state index is 12.1. The smallest absolute Gasteiger partial charge is 0.271 e. The summed E-state index contributed by atoms with van der Waals surface area (Å²) in [5, 5.41) is 16.2. The summed E-state index contributed by atoms with van der Waals surface area (Å²) in [6.07, 6.45) is 6.90. The van der Waals surface area contributed by atoms with E-state index in [2.05, 4.69) is 30.6 Å². The SMILES string of the molecule is Cn1cnc(C(=O)NCCn2cc3c(n2)c(N)nc2cc(-c4ccn[nH]4)ccc23)c1. The molecule has 1 aromatic carbocycles. The third-order valence-electron chi connectivity index (χ3n) is 4.91. The molecule has 0 unspecified atom stereocenters. The fraction of sp³-hybridized carbons (Fsp3) is 0.150. The highest BCUT2D eigenvalue weighted by Crippen LogP contribution is 2.29. The first-order valence-electron chi connectivity index (χ1n) is 9.41. The number of carbonyl (C=O) groups is 1. The van der Waals surface area contributed by atoms with E-state index in [0.717, 1.165) is 27.5 Å². The topological polar surface area (TPSA) is 132 Å². The number of aromatic amines is 1. The fourth-order valence-corrected chi connectivity index (χ4v) is 3.45. The number of nitrogens with zero attached hydrogens (tertiary/aromatic N) is 6. The van der Waals surface area contributed by atoms with Crippen molar-refractivity contribution in [1.29, 1.82) is 0 Å². The number of anilines is 1. The summed E-state index contributed by atoms with van der Waals surface area (Å²) in [6, 6.07) is 7.90. The minimum atomic E-state index is -0.217. The van der Waals surface area contributed by atoms with Gasteiger partial charge in [-0.3, -0.25) is 14.6 Å². The van der Waals surface area contributed by atoms with Crippen LogP contribution < -0.4 is 11.1 Å². The van der Waals surface area contributed by atoms with Gasteiger partial charge < -0.3 is 15.6 Å². The zero-order valence-corrected chi connectivity index (χ0v) is 16.2. The van der Waals surface area contributed by atoms with Gasteiger partial charge in [0.25, 0.3) is 5.91 Å². The van der Waals surface area contributed by atoms with E-state index in [9.17, 15) is 4.79 Å². The van der Waals surface area contributed by atoms with Gasteiger partial charge in [-0.1, -0.05) is 12.1 Å². The molecule has 5 rings (SSSR count). The molecular formula is C20H19N9O. The average Bonchev–Trinajstić information content (AvgIpc) is 3.48. The summed E-state index contributed by atoms with van der Waals surface area (Å²) in [5.41, 5.74) is 9.89. The number of rotatable bonds is 5. The average molecular weight is 401 g/mol. The molecule has 150 valence electrons. The number of amides is 1. The second kappa shape index (κ2) is 6.99. The third-order valence-corrected chi connectivity index (χ3v) is 4.91. The van der Waals surface area contributed by atoms with Crippen LogP contribution >= 0.6 is 0 Å². The van der Waals surface area contributed by atoms with Crippen molar-refractivity contribution in [3.05, 3.63) is 54.9 Å². The lowest BCUT2D eigenvalue weighted by atomic mass is 10.1. The minimum Gasteiger partial charge on any atom is -0.382 e. The van der Waals surface area contributed by atoms with Crippen molar-refractivity contribution in [3.63, 3.8) is 0 Å². The number of carbonyl (C=O) groups excluding carboxylic acids is 1. The highest BCUT2D eigenvalue weighted by atomic mass is 16.1. The molecule has 0 fully saturated rings. The van der Waals surface area contributed by atoms with Crippen LogP contribution in [0.1, 0.15) is 10.5 Å². The molecule has 0 saturated heterocycles. The minimum absolute atomic E-state index is 0.217. The maximum absolute atomic E-state index is 12.1. The van der Waals surface area contributed by atoms with E-state index >= 15 is 0 Å². The quantitative estimate of drug-likeness (QED) is 0.411. The molecule has 4 N–H and O–H groups in total. The van der Waals surface area contributed by atoms with Crippen molar-refractivity contribution in [2.75, 3.05) is 12.3 Å². The predicted octanol–water partition coefficient (Wildman–Crippen LogP) is 1.72. The summed E-state index contributed by atoms with van der Waals surface area (Å²) < 4.78 is 3.50. The molecule has 4 aromatic heterocycles. The Kier molecular flexibility index (Phi) is 4.16. The molecule has 0 radical (unpaired) electrons. The van der Waals surface area contributed by atoms with E-state index in [1.54, 1.807) is 28.0 Å². The van der Waals surface area contributed by atoms with E-state index in [0.29, 0.717) is 30.1 Å². The molecule has 10 heteroatoms. The Morgan fingerprint density at radius 1 is 1.23 bits per heavy atom. The highest BCUT2D eigenvalue weighted by Gasteiger charge is 2.13. The van der Waals surface area contributed by atoms with Gasteiger partial charge in [-0.15, -0.1) is 0 Å². The Balaban J connectivity index is 1.40. The van der Waals surface area contributed by atoms with Crippen LogP contribution in [0.2, 0.25) is 0 Å². The number of aromatic nitrogens is 7. The van der Waals surface area contributed by atoms with Crippen LogP contribution in [0.5, 0.6) is 0 Å². The first-order chi connectivity index (χ1) is 14.6. The van der Waals surface area contributed by atoms with Gasteiger partial charge in [0.1, 0.15) is 11.2 Å². The number of pyridine rings is 1. The molecule has 4 heterocycles.